The van der Waals surface area contributed by atoms with Crippen LogP contribution in [0.4, 0.5) is 4.39 Å². The molecule has 0 radical (unpaired) electrons. The number of aromatic nitrogens is 3. The summed E-state index contributed by atoms with van der Waals surface area (Å²) in [6.45, 7) is 3.91. The standard InChI is InChI=1S/C18H19FN4O2S/c1-2-23-15(5-8-20-23)17(24)22-9-6-13(7-10-22)25-18-21-14-4-3-12(19)11-16(14)26-18/h3-5,8,11,13H,2,6-7,9-10H2,1H3. The summed E-state index contributed by atoms with van der Waals surface area (Å²) < 4.78 is 21.8. The molecule has 26 heavy (non-hydrogen) atoms. The third-order valence-corrected chi connectivity index (χ3v) is 5.47. The number of carbonyl (C=O) groups is 1. The summed E-state index contributed by atoms with van der Waals surface area (Å²) in [4.78, 5) is 18.9. The summed E-state index contributed by atoms with van der Waals surface area (Å²) in [6, 6.07) is 6.29. The fourth-order valence-corrected chi connectivity index (χ4v) is 4.08. The highest BCUT2D eigenvalue weighted by Crippen LogP contribution is 2.30. The van der Waals surface area contributed by atoms with Gasteiger partial charge in [-0.1, -0.05) is 11.3 Å². The number of likely N-dealkylation sites (tertiary alicyclic amines) is 1. The van der Waals surface area contributed by atoms with E-state index in [1.807, 2.05) is 11.8 Å². The maximum absolute atomic E-state index is 13.3. The minimum Gasteiger partial charge on any atom is -0.467 e. The van der Waals surface area contributed by atoms with Gasteiger partial charge in [-0.3, -0.25) is 9.48 Å². The Bertz CT molecular complexity index is 930. The number of carbonyl (C=O) groups excluding carboxylic acids is 1. The summed E-state index contributed by atoms with van der Waals surface area (Å²) in [5, 5.41) is 4.71. The molecule has 3 aromatic rings. The van der Waals surface area contributed by atoms with Crippen LogP contribution in [-0.2, 0) is 6.54 Å². The minimum atomic E-state index is -0.272. The average molecular weight is 374 g/mol. The molecule has 4 rings (SSSR count). The minimum absolute atomic E-state index is 0.0123. The Morgan fingerprint density at radius 2 is 2.15 bits per heavy atom. The first-order valence-electron chi connectivity index (χ1n) is 8.68. The van der Waals surface area contributed by atoms with E-state index in [2.05, 4.69) is 10.1 Å². The number of aryl methyl sites for hydroxylation is 1. The van der Waals surface area contributed by atoms with E-state index >= 15 is 0 Å². The molecule has 8 heteroatoms. The van der Waals surface area contributed by atoms with Crippen molar-refractivity contribution < 1.29 is 13.9 Å². The van der Waals surface area contributed by atoms with Crippen LogP contribution >= 0.6 is 11.3 Å². The van der Waals surface area contributed by atoms with Gasteiger partial charge in [-0.15, -0.1) is 0 Å². The number of ether oxygens (including phenoxy) is 1. The Morgan fingerprint density at radius 3 is 2.92 bits per heavy atom. The normalized spacial score (nSPS) is 15.5. The molecule has 1 aliphatic rings. The highest BCUT2D eigenvalue weighted by Gasteiger charge is 2.27. The first kappa shape index (κ1) is 17.0. The molecule has 3 heterocycles. The van der Waals surface area contributed by atoms with Gasteiger partial charge in [0.25, 0.3) is 11.1 Å². The zero-order valence-electron chi connectivity index (χ0n) is 14.4. The van der Waals surface area contributed by atoms with Gasteiger partial charge in [0.1, 0.15) is 17.6 Å². The Hall–Kier alpha value is -2.48. The summed E-state index contributed by atoms with van der Waals surface area (Å²) >= 11 is 1.35. The van der Waals surface area contributed by atoms with Crippen LogP contribution in [0.3, 0.4) is 0 Å². The van der Waals surface area contributed by atoms with Crippen LogP contribution in [0.15, 0.2) is 30.5 Å². The van der Waals surface area contributed by atoms with Gasteiger partial charge in [0.05, 0.1) is 10.2 Å². The zero-order valence-corrected chi connectivity index (χ0v) is 15.2. The van der Waals surface area contributed by atoms with Gasteiger partial charge in [-0.05, 0) is 31.2 Å². The largest absolute Gasteiger partial charge is 0.467 e. The van der Waals surface area contributed by atoms with Crippen LogP contribution in [0.5, 0.6) is 5.19 Å². The molecule has 2 aromatic heterocycles. The highest BCUT2D eigenvalue weighted by molar-refractivity contribution is 7.20. The molecule has 136 valence electrons. The van der Waals surface area contributed by atoms with Crippen molar-refractivity contribution in [2.24, 2.45) is 0 Å². The maximum atomic E-state index is 13.3. The monoisotopic (exact) mass is 374 g/mol. The van der Waals surface area contributed by atoms with E-state index in [1.54, 1.807) is 23.0 Å². The Kier molecular flexibility index (Phi) is 4.58. The van der Waals surface area contributed by atoms with E-state index in [0.717, 1.165) is 23.1 Å². The number of thiazole rings is 1. The van der Waals surface area contributed by atoms with Crippen molar-refractivity contribution in [3.8, 4) is 5.19 Å². The van der Waals surface area contributed by atoms with Crippen LogP contribution in [0.2, 0.25) is 0 Å². The van der Waals surface area contributed by atoms with Crippen molar-refractivity contribution in [2.45, 2.75) is 32.4 Å². The van der Waals surface area contributed by atoms with Gasteiger partial charge < -0.3 is 9.64 Å². The molecular weight excluding hydrogens is 355 g/mol. The quantitative estimate of drug-likeness (QED) is 0.703. The van der Waals surface area contributed by atoms with E-state index in [0.29, 0.717) is 30.5 Å². The Labute approximate surface area is 154 Å². The number of benzene rings is 1. The molecule has 0 N–H and O–H groups in total. The van der Waals surface area contributed by atoms with E-state index in [-0.39, 0.29) is 17.8 Å². The second-order valence-corrected chi connectivity index (χ2v) is 7.23. The summed E-state index contributed by atoms with van der Waals surface area (Å²) in [5.41, 5.74) is 1.37. The first-order valence-corrected chi connectivity index (χ1v) is 9.49. The number of piperidine rings is 1. The maximum Gasteiger partial charge on any atom is 0.274 e. The van der Waals surface area contributed by atoms with Crippen LogP contribution < -0.4 is 4.74 Å². The van der Waals surface area contributed by atoms with Crippen LogP contribution in [-0.4, -0.2) is 44.8 Å². The zero-order chi connectivity index (χ0) is 18.1. The number of amides is 1. The molecule has 1 amide bonds. The van der Waals surface area contributed by atoms with Gasteiger partial charge in [-0.25, -0.2) is 9.37 Å². The number of rotatable bonds is 4. The highest BCUT2D eigenvalue weighted by atomic mass is 32.1. The molecular formula is C18H19FN4O2S. The Morgan fingerprint density at radius 1 is 1.35 bits per heavy atom. The first-order chi connectivity index (χ1) is 12.6. The number of halogens is 1. The SMILES string of the molecule is CCn1nccc1C(=O)N1CCC(Oc2nc3ccc(F)cc3s2)CC1. The lowest BCUT2D eigenvalue weighted by Gasteiger charge is -2.31. The van der Waals surface area contributed by atoms with E-state index in [9.17, 15) is 9.18 Å². The number of fused-ring (bicyclic) bond motifs is 1. The van der Waals surface area contributed by atoms with E-state index in [4.69, 9.17) is 4.74 Å². The van der Waals surface area contributed by atoms with Crippen molar-refractivity contribution in [2.75, 3.05) is 13.1 Å². The molecule has 0 bridgehead atoms. The lowest BCUT2D eigenvalue weighted by Crippen LogP contribution is -2.42. The summed E-state index contributed by atoms with van der Waals surface area (Å²) in [5.74, 6) is -0.260. The molecule has 1 aliphatic heterocycles. The molecule has 1 saturated heterocycles. The van der Waals surface area contributed by atoms with Gasteiger partial charge in [0.15, 0.2) is 0 Å². The molecule has 0 unspecified atom stereocenters. The van der Waals surface area contributed by atoms with E-state index in [1.165, 1.54) is 23.5 Å². The third-order valence-electron chi connectivity index (χ3n) is 4.56. The number of hydrogen-bond acceptors (Lipinski definition) is 5. The summed E-state index contributed by atoms with van der Waals surface area (Å²) in [7, 11) is 0. The molecule has 0 aliphatic carbocycles. The molecule has 6 nitrogen and oxygen atoms in total. The van der Waals surface area contributed by atoms with Crippen molar-refractivity contribution in [1.82, 2.24) is 19.7 Å². The van der Waals surface area contributed by atoms with Crippen molar-refractivity contribution in [1.29, 1.82) is 0 Å². The van der Waals surface area contributed by atoms with Gasteiger partial charge in [0, 0.05) is 38.7 Å². The van der Waals surface area contributed by atoms with Crippen molar-refractivity contribution in [3.05, 3.63) is 42.0 Å². The predicted molar refractivity (Wildman–Crippen MR) is 97.0 cm³/mol. The topological polar surface area (TPSA) is 60.2 Å². The fraction of sp³-hybridized carbons (Fsp3) is 0.389. The van der Waals surface area contributed by atoms with E-state index < -0.39 is 0 Å². The van der Waals surface area contributed by atoms with Gasteiger partial charge in [-0.2, -0.15) is 5.10 Å². The second-order valence-electron chi connectivity index (χ2n) is 6.23. The van der Waals surface area contributed by atoms with Crippen LogP contribution in [0.25, 0.3) is 10.2 Å². The van der Waals surface area contributed by atoms with Crippen molar-refractivity contribution in [3.63, 3.8) is 0 Å². The fourth-order valence-electron chi connectivity index (χ4n) is 3.18. The summed E-state index contributed by atoms with van der Waals surface area (Å²) in [6.07, 6.45) is 3.16. The number of nitrogens with zero attached hydrogens (tertiary/aromatic N) is 4. The average Bonchev–Trinajstić information content (AvgIpc) is 3.27. The molecule has 1 fully saturated rings. The van der Waals surface area contributed by atoms with Crippen molar-refractivity contribution >= 4 is 27.5 Å². The second kappa shape index (κ2) is 7.03. The van der Waals surface area contributed by atoms with Gasteiger partial charge >= 0.3 is 0 Å². The smallest absolute Gasteiger partial charge is 0.274 e. The third kappa shape index (κ3) is 3.29. The van der Waals surface area contributed by atoms with Crippen LogP contribution in [0.1, 0.15) is 30.3 Å². The molecule has 0 atom stereocenters. The Balaban J connectivity index is 1.38. The molecule has 0 spiro atoms. The lowest BCUT2D eigenvalue weighted by atomic mass is 10.1. The molecule has 0 saturated carbocycles. The molecule has 1 aromatic carbocycles. The van der Waals surface area contributed by atoms with Gasteiger partial charge in [0.2, 0.25) is 0 Å². The number of hydrogen-bond donors (Lipinski definition) is 0. The van der Waals surface area contributed by atoms with Crippen LogP contribution in [0, 0.1) is 5.82 Å². The predicted octanol–water partition coefficient (Wildman–Crippen LogP) is 3.34. The lowest BCUT2D eigenvalue weighted by molar-refractivity contribution is 0.0584.